The number of fused-ring (bicyclic) bond motifs is 4. The number of carbonyl (C=O) groups is 4. The van der Waals surface area contributed by atoms with Crippen LogP contribution >= 0.6 is 11.6 Å². The molecule has 5 aromatic carbocycles. The number of carbonyl (C=O) groups excluding carboxylic acids is 4. The molecule has 65 heavy (non-hydrogen) atoms. The SMILES string of the molecule is COc1ccc(OC)c(C=Cc2ccc(N3C(=O)C4CC=C5C(CC6C(=O)N(Nc7ccc(F)cc7)C(=O)C6(c6ccc(Cl)cc6)C5c5cc(OC(F)(F)F)ccc5O)C4C3=O)cc2)c1. The lowest BCUT2D eigenvalue weighted by Gasteiger charge is -2.50. The third kappa shape index (κ3) is 7.42. The van der Waals surface area contributed by atoms with Gasteiger partial charge in [0.1, 0.15) is 28.8 Å². The molecule has 332 valence electrons. The highest BCUT2D eigenvalue weighted by Gasteiger charge is 2.70. The number of hydrogen-bond donors (Lipinski definition) is 2. The molecule has 3 fully saturated rings. The van der Waals surface area contributed by atoms with Crippen LogP contribution in [0.2, 0.25) is 5.02 Å². The topological polar surface area (TPSA) is 135 Å². The van der Waals surface area contributed by atoms with Gasteiger partial charge in [0.2, 0.25) is 11.8 Å². The maximum absolute atomic E-state index is 15.4. The van der Waals surface area contributed by atoms with Crippen LogP contribution in [0.4, 0.5) is 28.9 Å². The average Bonchev–Trinajstić information content (AvgIpc) is 3.67. The molecule has 6 unspecified atom stereocenters. The van der Waals surface area contributed by atoms with Crippen LogP contribution < -0.4 is 24.5 Å². The zero-order chi connectivity index (χ0) is 45.9. The molecule has 5 aromatic rings. The van der Waals surface area contributed by atoms with Gasteiger partial charge in [-0.05, 0) is 115 Å². The number of anilines is 2. The van der Waals surface area contributed by atoms with E-state index in [0.717, 1.165) is 51.4 Å². The number of amides is 4. The second kappa shape index (κ2) is 16.5. The standard InChI is InChI=1S/C49H38ClF4N3O8/c1-63-33-18-22-41(64-2)27(23-33)6-3-26-4-15-32(16-5-26)56-44(59)36-20-19-35-37(42(36)46(56)61)25-39-45(60)57(55-31-13-11-30(51)12-14-31)47(62)48(39,28-7-9-29(50)10-8-28)43(35)38-24-34(17-21-40(38)58)65-49(52,53)54/h3-19,21-24,36-37,39,42-43,55,58H,20,25H2,1-2H3. The Hall–Kier alpha value is -7.13. The van der Waals surface area contributed by atoms with E-state index in [2.05, 4.69) is 10.2 Å². The molecule has 6 atom stereocenters. The molecule has 2 N–H and O–H groups in total. The number of hydrogen-bond acceptors (Lipinski definition) is 9. The molecule has 2 aliphatic carbocycles. The van der Waals surface area contributed by atoms with Crippen LogP contribution in [0.5, 0.6) is 23.0 Å². The summed E-state index contributed by atoms with van der Waals surface area (Å²) in [7, 11) is 3.11. The Kier molecular flexibility index (Phi) is 10.9. The van der Waals surface area contributed by atoms with Crippen LogP contribution in [-0.4, -0.2) is 54.3 Å². The summed E-state index contributed by atoms with van der Waals surface area (Å²) < 4.78 is 70.3. The van der Waals surface area contributed by atoms with Crippen molar-refractivity contribution in [3.8, 4) is 23.0 Å². The Morgan fingerprint density at radius 1 is 0.800 bits per heavy atom. The normalized spacial score (nSPS) is 23.9. The molecule has 0 bridgehead atoms. The van der Waals surface area contributed by atoms with Crippen molar-refractivity contribution in [2.45, 2.75) is 30.5 Å². The quantitative estimate of drug-likeness (QED) is 0.0609. The van der Waals surface area contributed by atoms with E-state index in [9.17, 15) is 37.1 Å². The number of phenols is 1. The van der Waals surface area contributed by atoms with E-state index < -0.39 is 82.3 Å². The van der Waals surface area contributed by atoms with Crippen LogP contribution in [-0.2, 0) is 24.6 Å². The largest absolute Gasteiger partial charge is 0.573 e. The Morgan fingerprint density at radius 2 is 1.51 bits per heavy atom. The lowest BCUT2D eigenvalue weighted by molar-refractivity contribution is -0.274. The lowest BCUT2D eigenvalue weighted by Crippen LogP contribution is -2.53. The highest BCUT2D eigenvalue weighted by Crippen LogP contribution is 2.65. The Bertz CT molecular complexity index is 2800. The second-order valence-electron chi connectivity index (χ2n) is 16.2. The molecular formula is C49H38ClF4N3O8. The number of nitrogens with zero attached hydrogens (tertiary/aromatic N) is 2. The summed E-state index contributed by atoms with van der Waals surface area (Å²) in [5, 5.41) is 12.7. The minimum atomic E-state index is -5.13. The number of imide groups is 2. The van der Waals surface area contributed by atoms with E-state index in [1.54, 1.807) is 56.7 Å². The molecule has 11 nitrogen and oxygen atoms in total. The van der Waals surface area contributed by atoms with Crippen molar-refractivity contribution < 1.29 is 56.1 Å². The highest BCUT2D eigenvalue weighted by molar-refractivity contribution is 6.30. The van der Waals surface area contributed by atoms with Gasteiger partial charge in [-0.25, -0.2) is 4.39 Å². The van der Waals surface area contributed by atoms with E-state index in [1.807, 2.05) is 18.2 Å². The fourth-order valence-electron chi connectivity index (χ4n) is 10.1. The second-order valence-corrected chi connectivity index (χ2v) is 16.6. The maximum Gasteiger partial charge on any atom is 0.573 e. The number of alkyl halides is 3. The van der Waals surface area contributed by atoms with E-state index in [-0.39, 0.29) is 34.7 Å². The molecular weight excluding hydrogens is 870 g/mol. The molecule has 1 saturated carbocycles. The van der Waals surface area contributed by atoms with Gasteiger partial charge in [0.15, 0.2) is 0 Å². The summed E-state index contributed by atoms with van der Waals surface area (Å²) in [5.74, 6) is -8.77. The number of methoxy groups -OCH3 is 2. The minimum Gasteiger partial charge on any atom is -0.508 e. The van der Waals surface area contributed by atoms with Crippen LogP contribution in [0, 0.1) is 29.5 Å². The van der Waals surface area contributed by atoms with E-state index in [0.29, 0.717) is 22.8 Å². The predicted octanol–water partition coefficient (Wildman–Crippen LogP) is 9.46. The van der Waals surface area contributed by atoms with Crippen LogP contribution in [0.3, 0.4) is 0 Å². The van der Waals surface area contributed by atoms with E-state index >= 15 is 4.79 Å². The zero-order valence-electron chi connectivity index (χ0n) is 34.5. The molecule has 2 heterocycles. The molecule has 2 saturated heterocycles. The van der Waals surface area contributed by atoms with Crippen molar-refractivity contribution >= 4 is 58.8 Å². The number of benzene rings is 5. The Balaban J connectivity index is 1.14. The monoisotopic (exact) mass is 907 g/mol. The van der Waals surface area contributed by atoms with Crippen molar-refractivity contribution in [3.63, 3.8) is 0 Å². The number of nitrogens with one attached hydrogen (secondary N) is 1. The molecule has 9 rings (SSSR count). The number of ether oxygens (including phenoxy) is 3. The molecule has 0 radical (unpaired) electrons. The first-order valence-electron chi connectivity index (χ1n) is 20.5. The van der Waals surface area contributed by atoms with Crippen molar-refractivity contribution in [1.82, 2.24) is 5.01 Å². The molecule has 2 aliphatic heterocycles. The maximum atomic E-state index is 15.4. The molecule has 4 aliphatic rings. The summed E-state index contributed by atoms with van der Waals surface area (Å²) in [6, 6.07) is 26.0. The fourth-order valence-corrected chi connectivity index (χ4v) is 10.2. The first-order chi connectivity index (χ1) is 31.1. The summed E-state index contributed by atoms with van der Waals surface area (Å²) in [5.41, 5.74) is 3.23. The number of allylic oxidation sites excluding steroid dienone is 2. The van der Waals surface area contributed by atoms with Gasteiger partial charge in [0, 0.05) is 22.1 Å². The van der Waals surface area contributed by atoms with Crippen molar-refractivity contribution in [2.24, 2.45) is 23.7 Å². The van der Waals surface area contributed by atoms with Crippen molar-refractivity contribution in [1.29, 1.82) is 0 Å². The Labute approximate surface area is 374 Å². The van der Waals surface area contributed by atoms with E-state index in [1.165, 1.54) is 36.4 Å². The van der Waals surface area contributed by atoms with Crippen molar-refractivity contribution in [3.05, 3.63) is 154 Å². The molecule has 0 spiro atoms. The minimum absolute atomic E-state index is 0.00217. The third-order valence-corrected chi connectivity index (χ3v) is 13.1. The highest BCUT2D eigenvalue weighted by atomic mass is 35.5. The summed E-state index contributed by atoms with van der Waals surface area (Å²) in [6.07, 6.45) is 0.0779. The molecule has 4 amide bonds. The zero-order valence-corrected chi connectivity index (χ0v) is 35.3. The van der Waals surface area contributed by atoms with E-state index in [4.69, 9.17) is 21.1 Å². The van der Waals surface area contributed by atoms with Gasteiger partial charge in [-0.2, -0.15) is 5.01 Å². The number of halogens is 5. The van der Waals surface area contributed by atoms with Gasteiger partial charge >= 0.3 is 6.36 Å². The average molecular weight is 908 g/mol. The summed E-state index contributed by atoms with van der Waals surface area (Å²) in [6.45, 7) is 0. The number of rotatable bonds is 10. The van der Waals surface area contributed by atoms with Gasteiger partial charge in [-0.1, -0.05) is 59.7 Å². The summed E-state index contributed by atoms with van der Waals surface area (Å²) in [4.78, 5) is 60.6. The van der Waals surface area contributed by atoms with Gasteiger partial charge in [-0.3, -0.25) is 29.5 Å². The van der Waals surface area contributed by atoms with Gasteiger partial charge < -0.3 is 19.3 Å². The Morgan fingerprint density at radius 3 is 2.18 bits per heavy atom. The number of phenolic OH excluding ortho intramolecular Hbond substituents is 1. The van der Waals surface area contributed by atoms with Crippen LogP contribution in [0.15, 0.2) is 121 Å². The first-order valence-corrected chi connectivity index (χ1v) is 20.8. The fraction of sp³-hybridized carbons (Fsp3) is 0.224. The number of hydrazine groups is 1. The third-order valence-electron chi connectivity index (χ3n) is 12.8. The lowest BCUT2D eigenvalue weighted by atomic mass is 9.49. The van der Waals surface area contributed by atoms with Gasteiger partial charge in [0.25, 0.3) is 11.8 Å². The molecule has 0 aromatic heterocycles. The predicted molar refractivity (Wildman–Crippen MR) is 231 cm³/mol. The number of aromatic hydroxyl groups is 1. The van der Waals surface area contributed by atoms with Crippen LogP contribution in [0.1, 0.15) is 41.0 Å². The van der Waals surface area contributed by atoms with Gasteiger partial charge in [-0.15, -0.1) is 13.2 Å². The smallest absolute Gasteiger partial charge is 0.508 e. The molecule has 16 heteroatoms. The van der Waals surface area contributed by atoms with Crippen molar-refractivity contribution in [2.75, 3.05) is 24.5 Å². The first kappa shape index (κ1) is 43.1. The van der Waals surface area contributed by atoms with Gasteiger partial charge in [0.05, 0.1) is 48.8 Å². The van der Waals surface area contributed by atoms with Crippen LogP contribution in [0.25, 0.3) is 12.2 Å². The summed E-state index contributed by atoms with van der Waals surface area (Å²) >= 11 is 6.34.